The van der Waals surface area contributed by atoms with Crippen molar-refractivity contribution in [3.8, 4) is 11.5 Å². The topological polar surface area (TPSA) is 76.6 Å². The molecule has 0 unspecified atom stereocenters. The number of rotatable bonds is 10. The maximum atomic E-state index is 12.0. The summed E-state index contributed by atoms with van der Waals surface area (Å²) in [7, 11) is 1.63. The first-order chi connectivity index (χ1) is 14.1. The van der Waals surface area contributed by atoms with Gasteiger partial charge in [-0.05, 0) is 57.5 Å². The second kappa shape index (κ2) is 10.2. The van der Waals surface area contributed by atoms with Crippen molar-refractivity contribution < 1.29 is 14.3 Å². The Labute approximate surface area is 172 Å². The number of aromatic nitrogens is 2. The van der Waals surface area contributed by atoms with Crippen LogP contribution in [0.4, 0.5) is 11.6 Å². The maximum Gasteiger partial charge on any atom is 0.228 e. The van der Waals surface area contributed by atoms with Gasteiger partial charge < -0.3 is 19.7 Å². The smallest absolute Gasteiger partial charge is 0.228 e. The largest absolute Gasteiger partial charge is 0.493 e. The molecule has 1 aliphatic heterocycles. The average Bonchev–Trinajstić information content (AvgIpc) is 3.24. The number of likely N-dealkylation sites (tertiary alicyclic amines) is 1. The molecule has 29 heavy (non-hydrogen) atoms. The molecule has 1 aromatic heterocycles. The zero-order valence-electron chi connectivity index (χ0n) is 17.5. The Bertz CT molecular complexity index is 835. The summed E-state index contributed by atoms with van der Waals surface area (Å²) >= 11 is 0. The number of ether oxygens (including phenoxy) is 2. The van der Waals surface area contributed by atoms with Gasteiger partial charge in [-0.25, -0.2) is 9.97 Å². The molecule has 1 fully saturated rings. The van der Waals surface area contributed by atoms with Gasteiger partial charge in [-0.2, -0.15) is 0 Å². The van der Waals surface area contributed by atoms with Crippen molar-refractivity contribution in [2.45, 2.75) is 39.5 Å². The highest BCUT2D eigenvalue weighted by Gasteiger charge is 2.12. The number of carbonyl (C=O) groups excluding carboxylic acids is 1. The van der Waals surface area contributed by atoms with E-state index in [1.54, 1.807) is 13.2 Å². The van der Waals surface area contributed by atoms with Crippen molar-refractivity contribution in [1.29, 1.82) is 0 Å². The molecule has 2 aromatic rings. The van der Waals surface area contributed by atoms with Gasteiger partial charge in [0.1, 0.15) is 5.69 Å². The molecule has 7 heteroatoms. The standard InChI is InChI=1S/C22H30N4O3/c1-4-19(27)18-14-16(2)23-22(25-18)24-17-8-9-20(28-3)21(15-17)29-13-7-12-26-10-5-6-11-26/h8-9,14-15H,4-7,10-13H2,1-3H3,(H,23,24,25). The Balaban J connectivity index is 1.66. The third kappa shape index (κ3) is 5.90. The van der Waals surface area contributed by atoms with Crippen LogP contribution < -0.4 is 14.8 Å². The number of aryl methyl sites for hydroxylation is 1. The average molecular weight is 399 g/mol. The molecule has 0 atom stereocenters. The number of nitrogens with one attached hydrogen (secondary N) is 1. The van der Waals surface area contributed by atoms with Gasteiger partial charge in [0.15, 0.2) is 17.3 Å². The van der Waals surface area contributed by atoms with Crippen LogP contribution in [0.3, 0.4) is 0 Å². The molecule has 1 aromatic carbocycles. The fraction of sp³-hybridized carbons (Fsp3) is 0.500. The summed E-state index contributed by atoms with van der Waals surface area (Å²) in [5, 5.41) is 3.17. The van der Waals surface area contributed by atoms with E-state index in [0.717, 1.165) is 24.3 Å². The molecule has 1 saturated heterocycles. The van der Waals surface area contributed by atoms with Crippen molar-refractivity contribution in [2.75, 3.05) is 38.7 Å². The Morgan fingerprint density at radius 1 is 1.17 bits per heavy atom. The Morgan fingerprint density at radius 2 is 1.97 bits per heavy atom. The normalized spacial score (nSPS) is 14.0. The van der Waals surface area contributed by atoms with E-state index in [2.05, 4.69) is 20.2 Å². The van der Waals surface area contributed by atoms with Crippen molar-refractivity contribution in [1.82, 2.24) is 14.9 Å². The lowest BCUT2D eigenvalue weighted by Gasteiger charge is -2.16. The fourth-order valence-electron chi connectivity index (χ4n) is 3.42. The lowest BCUT2D eigenvalue weighted by atomic mass is 10.2. The molecule has 1 N–H and O–H groups in total. The van der Waals surface area contributed by atoms with Crippen LogP contribution in [-0.4, -0.2) is 54.0 Å². The summed E-state index contributed by atoms with van der Waals surface area (Å²) in [4.78, 5) is 23.2. The van der Waals surface area contributed by atoms with Crippen LogP contribution in [0.15, 0.2) is 24.3 Å². The third-order valence-electron chi connectivity index (χ3n) is 4.96. The van der Waals surface area contributed by atoms with Crippen LogP contribution in [0.25, 0.3) is 0 Å². The molecule has 0 saturated carbocycles. The van der Waals surface area contributed by atoms with Crippen molar-refractivity contribution in [3.63, 3.8) is 0 Å². The summed E-state index contributed by atoms with van der Waals surface area (Å²) in [5.41, 5.74) is 1.95. The molecule has 0 amide bonds. The first kappa shape index (κ1) is 21.0. The van der Waals surface area contributed by atoms with E-state index in [-0.39, 0.29) is 5.78 Å². The molecular weight excluding hydrogens is 368 g/mol. The second-order valence-electron chi connectivity index (χ2n) is 7.24. The van der Waals surface area contributed by atoms with Crippen LogP contribution in [0.5, 0.6) is 11.5 Å². The zero-order valence-corrected chi connectivity index (χ0v) is 17.5. The van der Waals surface area contributed by atoms with E-state index in [1.807, 2.05) is 32.0 Å². The van der Waals surface area contributed by atoms with Gasteiger partial charge in [0.25, 0.3) is 0 Å². The quantitative estimate of drug-likeness (QED) is 0.479. The van der Waals surface area contributed by atoms with Gasteiger partial charge in [-0.15, -0.1) is 0 Å². The minimum absolute atomic E-state index is 0.00435. The number of Topliss-reactive ketones (excluding diaryl/α,β-unsaturated/α-hetero) is 1. The third-order valence-corrected chi connectivity index (χ3v) is 4.96. The molecule has 0 spiro atoms. The highest BCUT2D eigenvalue weighted by Crippen LogP contribution is 2.31. The van der Waals surface area contributed by atoms with Crippen LogP contribution in [0, 0.1) is 6.92 Å². The number of hydrogen-bond acceptors (Lipinski definition) is 7. The summed E-state index contributed by atoms with van der Waals surface area (Å²) in [5.74, 6) is 1.75. The van der Waals surface area contributed by atoms with E-state index >= 15 is 0 Å². The van der Waals surface area contributed by atoms with E-state index in [9.17, 15) is 4.79 Å². The fourth-order valence-corrected chi connectivity index (χ4v) is 3.42. The van der Waals surface area contributed by atoms with Gasteiger partial charge in [0.2, 0.25) is 5.95 Å². The van der Waals surface area contributed by atoms with Gasteiger partial charge >= 0.3 is 0 Å². The number of hydrogen-bond donors (Lipinski definition) is 1. The van der Waals surface area contributed by atoms with Crippen LogP contribution in [0.1, 0.15) is 48.8 Å². The van der Waals surface area contributed by atoms with Crippen LogP contribution in [0.2, 0.25) is 0 Å². The van der Waals surface area contributed by atoms with Gasteiger partial charge in [0, 0.05) is 30.4 Å². The molecule has 2 heterocycles. The van der Waals surface area contributed by atoms with E-state index in [0.29, 0.717) is 36.2 Å². The Kier molecular flexibility index (Phi) is 7.41. The molecule has 0 aliphatic carbocycles. The minimum atomic E-state index is -0.00435. The molecule has 3 rings (SSSR count). The highest BCUT2D eigenvalue weighted by molar-refractivity contribution is 5.94. The first-order valence-corrected chi connectivity index (χ1v) is 10.3. The van der Waals surface area contributed by atoms with Gasteiger partial charge in [-0.3, -0.25) is 4.79 Å². The summed E-state index contributed by atoms with van der Waals surface area (Å²) in [6.45, 7) is 7.76. The lowest BCUT2D eigenvalue weighted by Crippen LogP contribution is -2.21. The maximum absolute atomic E-state index is 12.0. The molecule has 1 aliphatic rings. The predicted molar refractivity (Wildman–Crippen MR) is 113 cm³/mol. The molecule has 156 valence electrons. The van der Waals surface area contributed by atoms with Crippen LogP contribution in [-0.2, 0) is 0 Å². The lowest BCUT2D eigenvalue weighted by molar-refractivity contribution is 0.0983. The monoisotopic (exact) mass is 398 g/mol. The molecule has 7 nitrogen and oxygen atoms in total. The predicted octanol–water partition coefficient (Wildman–Crippen LogP) is 3.99. The van der Waals surface area contributed by atoms with Crippen molar-refractivity contribution in [2.24, 2.45) is 0 Å². The molecular formula is C22H30N4O3. The Morgan fingerprint density at radius 3 is 2.69 bits per heavy atom. The molecule has 0 bridgehead atoms. The van der Waals surface area contributed by atoms with Gasteiger partial charge in [0.05, 0.1) is 13.7 Å². The van der Waals surface area contributed by atoms with E-state index < -0.39 is 0 Å². The number of carbonyl (C=O) groups is 1. The summed E-state index contributed by atoms with van der Waals surface area (Å²) in [6.07, 6.45) is 3.99. The van der Waals surface area contributed by atoms with Crippen molar-refractivity contribution in [3.05, 3.63) is 35.7 Å². The minimum Gasteiger partial charge on any atom is -0.493 e. The zero-order chi connectivity index (χ0) is 20.6. The number of ketones is 1. The number of benzene rings is 1. The SMILES string of the molecule is CCC(=O)c1cc(C)nc(Nc2ccc(OC)c(OCCCN3CCCC3)c2)n1. The van der Waals surface area contributed by atoms with Gasteiger partial charge in [-0.1, -0.05) is 6.92 Å². The van der Waals surface area contributed by atoms with Crippen LogP contribution >= 0.6 is 0 Å². The number of methoxy groups -OCH3 is 1. The Hall–Kier alpha value is -2.67. The number of nitrogens with zero attached hydrogens (tertiary/aromatic N) is 3. The van der Waals surface area contributed by atoms with Crippen molar-refractivity contribution >= 4 is 17.4 Å². The summed E-state index contributed by atoms with van der Waals surface area (Å²) < 4.78 is 11.4. The summed E-state index contributed by atoms with van der Waals surface area (Å²) in [6, 6.07) is 7.32. The van der Waals surface area contributed by atoms with E-state index in [1.165, 1.54) is 25.9 Å². The number of anilines is 2. The molecule has 0 radical (unpaired) electrons. The van der Waals surface area contributed by atoms with E-state index in [4.69, 9.17) is 9.47 Å². The first-order valence-electron chi connectivity index (χ1n) is 10.3. The second-order valence-corrected chi connectivity index (χ2v) is 7.24. The highest BCUT2D eigenvalue weighted by atomic mass is 16.5.